The van der Waals surface area contributed by atoms with Gasteiger partial charge in [-0.05, 0) is 66.3 Å². The lowest BCUT2D eigenvalue weighted by molar-refractivity contribution is 0.0942. The summed E-state index contributed by atoms with van der Waals surface area (Å²) in [7, 11) is 4.06. The van der Waals surface area contributed by atoms with Crippen LogP contribution in [0.25, 0.3) is 0 Å². The summed E-state index contributed by atoms with van der Waals surface area (Å²) in [5, 5.41) is 5.08. The van der Waals surface area contributed by atoms with E-state index in [9.17, 15) is 4.79 Å². The predicted octanol–water partition coefficient (Wildman–Crippen LogP) is 3.39. The minimum absolute atomic E-state index is 0.0214. The van der Waals surface area contributed by atoms with Gasteiger partial charge in [-0.15, -0.1) is 11.3 Å². The number of likely N-dealkylation sites (N-methyl/N-ethyl adjacent to an activating group) is 1. The molecule has 0 saturated carbocycles. The van der Waals surface area contributed by atoms with Crippen molar-refractivity contribution < 1.29 is 4.79 Å². The average Bonchev–Trinajstić information content (AvgIpc) is 2.92. The number of hydrogen-bond acceptors (Lipinski definition) is 3. The number of carbonyl (C=O) groups is 1. The van der Waals surface area contributed by atoms with Gasteiger partial charge in [-0.3, -0.25) is 4.79 Å². The van der Waals surface area contributed by atoms with Crippen LogP contribution in [0.3, 0.4) is 0 Å². The molecule has 1 atom stereocenters. The van der Waals surface area contributed by atoms with Crippen molar-refractivity contribution in [3.8, 4) is 0 Å². The van der Waals surface area contributed by atoms with Crippen molar-refractivity contribution >= 4 is 39.8 Å². The van der Waals surface area contributed by atoms with Crippen LogP contribution in [-0.4, -0.2) is 31.4 Å². The van der Waals surface area contributed by atoms with Crippen LogP contribution >= 0.6 is 33.9 Å². The summed E-state index contributed by atoms with van der Waals surface area (Å²) >= 11 is 3.93. The molecule has 0 bridgehead atoms. The Kier molecular flexibility index (Phi) is 5.56. The van der Waals surface area contributed by atoms with E-state index in [0.717, 1.165) is 3.57 Å². The number of nitrogens with one attached hydrogen (secondary N) is 1. The lowest BCUT2D eigenvalue weighted by atomic mass is 10.2. The van der Waals surface area contributed by atoms with E-state index in [4.69, 9.17) is 0 Å². The molecular weight excluding hydrogens is 383 g/mol. The van der Waals surface area contributed by atoms with Crippen LogP contribution in [0.4, 0.5) is 0 Å². The molecule has 20 heavy (non-hydrogen) atoms. The first-order valence-corrected chi connectivity index (χ1v) is 8.27. The molecule has 3 nitrogen and oxygen atoms in total. The molecule has 5 heteroatoms. The molecule has 1 heterocycles. The van der Waals surface area contributed by atoms with Crippen LogP contribution in [0.5, 0.6) is 0 Å². The first-order valence-electron chi connectivity index (χ1n) is 6.31. The largest absolute Gasteiger partial charge is 0.350 e. The summed E-state index contributed by atoms with van der Waals surface area (Å²) in [6, 6.07) is 12.0. The van der Waals surface area contributed by atoms with Crippen LogP contribution in [0.2, 0.25) is 0 Å². The summed E-state index contributed by atoms with van der Waals surface area (Å²) in [6.07, 6.45) is 0. The van der Waals surface area contributed by atoms with Crippen LogP contribution in [-0.2, 0) is 0 Å². The highest BCUT2D eigenvalue weighted by Gasteiger charge is 2.16. The number of nitrogens with zero attached hydrogens (tertiary/aromatic N) is 1. The maximum Gasteiger partial charge on any atom is 0.251 e. The van der Waals surface area contributed by atoms with Crippen LogP contribution in [0, 0.1) is 3.57 Å². The monoisotopic (exact) mass is 400 g/mol. The van der Waals surface area contributed by atoms with Crippen LogP contribution < -0.4 is 5.32 Å². The quantitative estimate of drug-likeness (QED) is 0.781. The summed E-state index contributed by atoms with van der Waals surface area (Å²) in [5.41, 5.74) is 0.709. The molecule has 0 radical (unpaired) electrons. The Bertz CT molecular complexity index is 569. The molecule has 0 aliphatic rings. The third-order valence-corrected chi connectivity index (χ3v) is 4.68. The second kappa shape index (κ2) is 7.19. The maximum absolute atomic E-state index is 12.2. The predicted molar refractivity (Wildman–Crippen MR) is 92.2 cm³/mol. The molecule has 106 valence electrons. The van der Waals surface area contributed by atoms with E-state index in [0.29, 0.717) is 12.1 Å². The van der Waals surface area contributed by atoms with Crippen LogP contribution in [0.15, 0.2) is 41.8 Å². The summed E-state index contributed by atoms with van der Waals surface area (Å²) < 4.78 is 1.07. The van der Waals surface area contributed by atoms with Crippen molar-refractivity contribution in [2.45, 2.75) is 6.04 Å². The van der Waals surface area contributed by atoms with Crippen molar-refractivity contribution in [1.82, 2.24) is 10.2 Å². The van der Waals surface area contributed by atoms with Crippen molar-refractivity contribution in [3.63, 3.8) is 0 Å². The number of benzene rings is 1. The Balaban J connectivity index is 2.01. The topological polar surface area (TPSA) is 32.3 Å². The van der Waals surface area contributed by atoms with Crippen molar-refractivity contribution in [2.24, 2.45) is 0 Å². The average molecular weight is 400 g/mol. The summed E-state index contributed by atoms with van der Waals surface area (Å²) in [5.74, 6) is -0.0214. The van der Waals surface area contributed by atoms with Crippen molar-refractivity contribution in [1.29, 1.82) is 0 Å². The van der Waals surface area contributed by atoms with Crippen molar-refractivity contribution in [2.75, 3.05) is 20.6 Å². The minimum atomic E-state index is -0.0214. The van der Waals surface area contributed by atoms with Gasteiger partial charge in [0.2, 0.25) is 0 Å². The van der Waals surface area contributed by atoms with Gasteiger partial charge in [-0.1, -0.05) is 12.1 Å². The van der Waals surface area contributed by atoms with E-state index in [1.165, 1.54) is 4.88 Å². The molecular formula is C15H17IN2OS. The molecule has 2 rings (SSSR count). The molecule has 0 fully saturated rings. The van der Waals surface area contributed by atoms with Gasteiger partial charge in [0, 0.05) is 20.6 Å². The van der Waals surface area contributed by atoms with E-state index < -0.39 is 0 Å². The fourth-order valence-electron chi connectivity index (χ4n) is 1.94. The fourth-order valence-corrected chi connectivity index (χ4v) is 3.41. The Morgan fingerprint density at radius 1 is 1.35 bits per heavy atom. The smallest absolute Gasteiger partial charge is 0.251 e. The van der Waals surface area contributed by atoms with Gasteiger partial charge < -0.3 is 10.2 Å². The van der Waals surface area contributed by atoms with Crippen LogP contribution in [0.1, 0.15) is 21.3 Å². The summed E-state index contributed by atoms with van der Waals surface area (Å²) in [4.78, 5) is 15.6. The second-order valence-electron chi connectivity index (χ2n) is 4.72. The molecule has 0 aliphatic carbocycles. The lowest BCUT2D eigenvalue weighted by Gasteiger charge is -2.23. The third-order valence-electron chi connectivity index (χ3n) is 3.04. The van der Waals surface area contributed by atoms with Gasteiger partial charge in [-0.2, -0.15) is 0 Å². The SMILES string of the molecule is CN(C)[C@H](CNC(=O)c1cccc(I)c1)c1cccs1. The first-order chi connectivity index (χ1) is 9.58. The lowest BCUT2D eigenvalue weighted by Crippen LogP contribution is -2.34. The molecule has 1 amide bonds. The molecule has 0 aliphatic heterocycles. The Morgan fingerprint density at radius 2 is 2.15 bits per heavy atom. The van der Waals surface area contributed by atoms with E-state index in [1.54, 1.807) is 11.3 Å². The first kappa shape index (κ1) is 15.5. The Labute approximate surface area is 137 Å². The van der Waals surface area contributed by atoms with E-state index in [1.807, 2.05) is 44.4 Å². The number of rotatable bonds is 5. The molecule has 1 N–H and O–H groups in total. The zero-order chi connectivity index (χ0) is 14.5. The van der Waals surface area contributed by atoms with Gasteiger partial charge in [-0.25, -0.2) is 0 Å². The highest BCUT2D eigenvalue weighted by molar-refractivity contribution is 14.1. The number of halogens is 1. The molecule has 0 saturated heterocycles. The number of thiophene rings is 1. The van der Waals surface area contributed by atoms with E-state index >= 15 is 0 Å². The molecule has 0 spiro atoms. The number of hydrogen-bond donors (Lipinski definition) is 1. The Morgan fingerprint density at radius 3 is 2.75 bits per heavy atom. The molecule has 1 aromatic carbocycles. The Hall–Kier alpha value is -0.920. The van der Waals surface area contributed by atoms with Crippen molar-refractivity contribution in [3.05, 3.63) is 55.8 Å². The zero-order valence-corrected chi connectivity index (χ0v) is 14.4. The number of carbonyl (C=O) groups excluding carboxylic acids is 1. The van der Waals surface area contributed by atoms with Gasteiger partial charge in [0.05, 0.1) is 6.04 Å². The van der Waals surface area contributed by atoms with Gasteiger partial charge in [0.15, 0.2) is 0 Å². The van der Waals surface area contributed by atoms with Gasteiger partial charge in [0.1, 0.15) is 0 Å². The third kappa shape index (κ3) is 4.04. The maximum atomic E-state index is 12.2. The van der Waals surface area contributed by atoms with Gasteiger partial charge >= 0.3 is 0 Å². The molecule has 2 aromatic rings. The van der Waals surface area contributed by atoms with Gasteiger partial charge in [0.25, 0.3) is 5.91 Å². The fraction of sp³-hybridized carbons (Fsp3) is 0.267. The van der Waals surface area contributed by atoms with E-state index in [2.05, 4.69) is 44.3 Å². The zero-order valence-electron chi connectivity index (χ0n) is 11.5. The normalized spacial score (nSPS) is 12.4. The second-order valence-corrected chi connectivity index (χ2v) is 6.94. The highest BCUT2D eigenvalue weighted by Crippen LogP contribution is 2.22. The molecule has 0 unspecified atom stereocenters. The minimum Gasteiger partial charge on any atom is -0.350 e. The van der Waals surface area contributed by atoms with E-state index in [-0.39, 0.29) is 11.9 Å². The molecule has 1 aromatic heterocycles. The standard InChI is InChI=1S/C15H17IN2OS/c1-18(2)13(14-7-4-8-20-14)10-17-15(19)11-5-3-6-12(16)9-11/h3-9,13H,10H2,1-2H3,(H,17,19)/t13-/m1/s1. The number of amides is 1. The summed E-state index contributed by atoms with van der Waals surface area (Å²) in [6.45, 7) is 0.609. The highest BCUT2D eigenvalue weighted by atomic mass is 127.